The molecule has 0 saturated heterocycles. The zero-order valence-electron chi connectivity index (χ0n) is 11.7. The smallest absolute Gasteiger partial charge is 0.236 e. The molecule has 4 heteroatoms. The topological polar surface area (TPSA) is 75.4 Å². The number of nitrogens with two attached hydrogens (primary N) is 1. The van der Waals surface area contributed by atoms with Crippen LogP contribution in [0.2, 0.25) is 0 Å². The van der Waals surface area contributed by atoms with Crippen LogP contribution in [-0.2, 0) is 4.79 Å². The minimum Gasteiger partial charge on any atom is -0.396 e. The van der Waals surface area contributed by atoms with Gasteiger partial charge in [-0.25, -0.2) is 0 Å². The van der Waals surface area contributed by atoms with Crippen LogP contribution in [0, 0.1) is 17.8 Å². The molecule has 0 heterocycles. The molecular formula is C14H28N2O2. The second-order valence-electron chi connectivity index (χ2n) is 5.97. The van der Waals surface area contributed by atoms with Crippen molar-refractivity contribution < 1.29 is 9.90 Å². The second-order valence-corrected chi connectivity index (χ2v) is 5.97. The fourth-order valence-corrected chi connectivity index (χ4v) is 2.77. The average Bonchev–Trinajstić information content (AvgIpc) is 2.35. The monoisotopic (exact) mass is 256 g/mol. The van der Waals surface area contributed by atoms with Gasteiger partial charge in [-0.15, -0.1) is 0 Å². The van der Waals surface area contributed by atoms with E-state index in [1.807, 2.05) is 0 Å². The van der Waals surface area contributed by atoms with Crippen molar-refractivity contribution in [2.75, 3.05) is 13.2 Å². The number of nitrogens with one attached hydrogen (secondary N) is 1. The summed E-state index contributed by atoms with van der Waals surface area (Å²) in [6.45, 7) is 5.03. The van der Waals surface area contributed by atoms with Crippen LogP contribution in [-0.4, -0.2) is 30.2 Å². The first kappa shape index (κ1) is 15.4. The van der Waals surface area contributed by atoms with Crippen molar-refractivity contribution in [3.05, 3.63) is 0 Å². The number of hydrogen-bond acceptors (Lipinski definition) is 3. The molecule has 0 bridgehead atoms. The van der Waals surface area contributed by atoms with Crippen LogP contribution in [0.4, 0.5) is 0 Å². The van der Waals surface area contributed by atoms with Crippen molar-refractivity contribution >= 4 is 5.91 Å². The Labute approximate surface area is 110 Å². The highest BCUT2D eigenvalue weighted by molar-refractivity contribution is 5.81. The van der Waals surface area contributed by atoms with Gasteiger partial charge in [0.25, 0.3) is 0 Å². The van der Waals surface area contributed by atoms with Gasteiger partial charge in [-0.3, -0.25) is 4.79 Å². The van der Waals surface area contributed by atoms with Gasteiger partial charge in [-0.05, 0) is 37.0 Å². The fourth-order valence-electron chi connectivity index (χ4n) is 2.77. The molecular weight excluding hydrogens is 228 g/mol. The Morgan fingerprint density at radius 2 is 1.94 bits per heavy atom. The molecule has 3 atom stereocenters. The van der Waals surface area contributed by atoms with Crippen LogP contribution in [0.5, 0.6) is 0 Å². The van der Waals surface area contributed by atoms with Gasteiger partial charge in [0.2, 0.25) is 5.91 Å². The normalized spacial score (nSPS) is 26.1. The number of aliphatic hydroxyl groups excluding tert-OH is 1. The Morgan fingerprint density at radius 3 is 2.50 bits per heavy atom. The minimum atomic E-state index is -0.402. The Bertz CT molecular complexity index is 256. The Morgan fingerprint density at radius 1 is 1.33 bits per heavy atom. The minimum absolute atomic E-state index is 0.0500. The predicted octanol–water partition coefficient (Wildman–Crippen LogP) is 1.27. The van der Waals surface area contributed by atoms with Crippen molar-refractivity contribution in [2.24, 2.45) is 23.5 Å². The highest BCUT2D eigenvalue weighted by Gasteiger charge is 2.25. The van der Waals surface area contributed by atoms with Crippen LogP contribution < -0.4 is 11.1 Å². The number of carbonyl (C=O) groups excluding carboxylic acids is 1. The first-order valence-corrected chi connectivity index (χ1v) is 7.18. The van der Waals surface area contributed by atoms with Gasteiger partial charge >= 0.3 is 0 Å². The quantitative estimate of drug-likeness (QED) is 0.670. The van der Waals surface area contributed by atoms with Crippen molar-refractivity contribution in [1.82, 2.24) is 5.32 Å². The van der Waals surface area contributed by atoms with Crippen LogP contribution in [0.15, 0.2) is 0 Å². The number of carbonyl (C=O) groups is 1. The summed E-state index contributed by atoms with van der Waals surface area (Å²) in [5.41, 5.74) is 5.84. The van der Waals surface area contributed by atoms with Crippen LogP contribution in [0.3, 0.4) is 0 Å². The molecule has 1 aliphatic carbocycles. The molecule has 18 heavy (non-hydrogen) atoms. The summed E-state index contributed by atoms with van der Waals surface area (Å²) < 4.78 is 0. The van der Waals surface area contributed by atoms with Crippen molar-refractivity contribution in [3.63, 3.8) is 0 Å². The predicted molar refractivity (Wildman–Crippen MR) is 73.0 cm³/mol. The third-order valence-electron chi connectivity index (χ3n) is 3.90. The summed E-state index contributed by atoms with van der Waals surface area (Å²) >= 11 is 0. The van der Waals surface area contributed by atoms with Gasteiger partial charge < -0.3 is 16.2 Å². The lowest BCUT2D eigenvalue weighted by atomic mass is 9.79. The standard InChI is InChI=1S/C14H28N2O2/c1-10(2)7-13(15)14(18)16-8-11-5-3-4-6-12(11)9-17/h10-13,17H,3-9,15H2,1-2H3,(H,16,18). The van der Waals surface area contributed by atoms with Crippen LogP contribution in [0.1, 0.15) is 46.0 Å². The summed E-state index contributed by atoms with van der Waals surface area (Å²) in [6.07, 6.45) is 5.30. The summed E-state index contributed by atoms with van der Waals surface area (Å²) in [7, 11) is 0. The van der Waals surface area contributed by atoms with Crippen molar-refractivity contribution in [2.45, 2.75) is 52.0 Å². The van der Waals surface area contributed by atoms with Gasteiger partial charge in [-0.1, -0.05) is 26.7 Å². The number of rotatable bonds is 6. The van der Waals surface area contributed by atoms with E-state index in [0.29, 0.717) is 24.3 Å². The highest BCUT2D eigenvalue weighted by Crippen LogP contribution is 2.29. The lowest BCUT2D eigenvalue weighted by Crippen LogP contribution is -2.44. The molecule has 3 unspecified atom stereocenters. The first-order chi connectivity index (χ1) is 8.54. The molecule has 1 amide bonds. The largest absolute Gasteiger partial charge is 0.396 e. The van der Waals surface area contributed by atoms with E-state index >= 15 is 0 Å². The molecule has 106 valence electrons. The zero-order chi connectivity index (χ0) is 13.5. The molecule has 1 rings (SSSR count). The van der Waals surface area contributed by atoms with E-state index in [-0.39, 0.29) is 12.5 Å². The SMILES string of the molecule is CC(C)CC(N)C(=O)NCC1CCCCC1CO. The molecule has 1 saturated carbocycles. The average molecular weight is 256 g/mol. The molecule has 0 radical (unpaired) electrons. The Kier molecular flexibility index (Phi) is 6.65. The van der Waals surface area contributed by atoms with E-state index in [1.165, 1.54) is 12.8 Å². The Balaban J connectivity index is 2.32. The molecule has 0 aromatic rings. The summed E-state index contributed by atoms with van der Waals surface area (Å²) in [4.78, 5) is 11.8. The lowest BCUT2D eigenvalue weighted by molar-refractivity contribution is -0.123. The van der Waals surface area contributed by atoms with Crippen molar-refractivity contribution in [3.8, 4) is 0 Å². The highest BCUT2D eigenvalue weighted by atomic mass is 16.3. The zero-order valence-corrected chi connectivity index (χ0v) is 11.7. The molecule has 4 nitrogen and oxygen atoms in total. The van der Waals surface area contributed by atoms with E-state index in [0.717, 1.165) is 19.3 Å². The molecule has 1 aliphatic rings. The molecule has 4 N–H and O–H groups in total. The third kappa shape index (κ3) is 4.94. The van der Waals surface area contributed by atoms with E-state index in [4.69, 9.17) is 5.73 Å². The maximum Gasteiger partial charge on any atom is 0.236 e. The van der Waals surface area contributed by atoms with Gasteiger partial charge in [-0.2, -0.15) is 0 Å². The summed E-state index contributed by atoms with van der Waals surface area (Å²) in [5, 5.41) is 12.3. The molecule has 0 aromatic heterocycles. The number of amides is 1. The maximum absolute atomic E-state index is 11.8. The van der Waals surface area contributed by atoms with E-state index in [2.05, 4.69) is 19.2 Å². The van der Waals surface area contributed by atoms with Gasteiger partial charge in [0, 0.05) is 13.2 Å². The van der Waals surface area contributed by atoms with Crippen molar-refractivity contribution in [1.29, 1.82) is 0 Å². The van der Waals surface area contributed by atoms with Crippen LogP contribution >= 0.6 is 0 Å². The van der Waals surface area contributed by atoms with E-state index in [9.17, 15) is 9.90 Å². The summed E-state index contributed by atoms with van der Waals surface area (Å²) in [5.74, 6) is 1.15. The summed E-state index contributed by atoms with van der Waals surface area (Å²) in [6, 6.07) is -0.402. The van der Waals surface area contributed by atoms with Gasteiger partial charge in [0.1, 0.15) is 0 Å². The number of aliphatic hydroxyl groups is 1. The molecule has 0 aromatic carbocycles. The fraction of sp³-hybridized carbons (Fsp3) is 0.929. The first-order valence-electron chi connectivity index (χ1n) is 7.18. The van der Waals surface area contributed by atoms with Gasteiger partial charge in [0.05, 0.1) is 6.04 Å². The maximum atomic E-state index is 11.8. The van der Waals surface area contributed by atoms with E-state index in [1.54, 1.807) is 0 Å². The lowest BCUT2D eigenvalue weighted by Gasteiger charge is -2.30. The van der Waals surface area contributed by atoms with Crippen LogP contribution in [0.25, 0.3) is 0 Å². The third-order valence-corrected chi connectivity index (χ3v) is 3.90. The van der Waals surface area contributed by atoms with Gasteiger partial charge in [0.15, 0.2) is 0 Å². The number of hydrogen-bond donors (Lipinski definition) is 3. The van der Waals surface area contributed by atoms with E-state index < -0.39 is 6.04 Å². The molecule has 0 spiro atoms. The Hall–Kier alpha value is -0.610. The molecule has 1 fully saturated rings. The second kappa shape index (κ2) is 7.74. The molecule has 0 aliphatic heterocycles.